The number of aromatic nitrogens is 1. The van der Waals surface area contributed by atoms with Crippen molar-refractivity contribution < 1.29 is 4.42 Å². The van der Waals surface area contributed by atoms with Crippen LogP contribution in [0.5, 0.6) is 0 Å². The Morgan fingerprint density at radius 3 is 1.55 bits per heavy atom. The Kier molecular flexibility index (Phi) is 8.90. The Labute approximate surface area is 399 Å². The van der Waals surface area contributed by atoms with Crippen molar-refractivity contribution in [3.8, 4) is 39.1 Å². The lowest BCUT2D eigenvalue weighted by Gasteiger charge is -2.27. The first-order valence-electron chi connectivity index (χ1n) is 23.6. The van der Waals surface area contributed by atoms with Gasteiger partial charge >= 0.3 is 0 Å². The minimum absolute atomic E-state index is 0.895. The molecule has 12 aromatic carbocycles. The van der Waals surface area contributed by atoms with Crippen LogP contribution in [0.4, 0.5) is 17.1 Å². The second-order valence-corrected chi connectivity index (χ2v) is 18.1. The zero-order valence-corrected chi connectivity index (χ0v) is 37.6. The monoisotopic (exact) mass is 878 g/mol. The third-order valence-electron chi connectivity index (χ3n) is 14.1. The minimum Gasteiger partial charge on any atom is -0.455 e. The number of anilines is 3. The fourth-order valence-corrected chi connectivity index (χ4v) is 10.9. The van der Waals surface area contributed by atoms with Crippen LogP contribution in [0.25, 0.3) is 115 Å². The summed E-state index contributed by atoms with van der Waals surface area (Å²) >= 11 is 0. The van der Waals surface area contributed by atoms with Gasteiger partial charge in [-0.3, -0.25) is 0 Å². The second-order valence-electron chi connectivity index (χ2n) is 18.1. The van der Waals surface area contributed by atoms with E-state index in [1.54, 1.807) is 0 Å². The maximum atomic E-state index is 6.85. The summed E-state index contributed by atoms with van der Waals surface area (Å²) < 4.78 is 9.24. The van der Waals surface area contributed by atoms with Crippen LogP contribution >= 0.6 is 0 Å². The molecule has 322 valence electrons. The van der Waals surface area contributed by atoms with E-state index in [4.69, 9.17) is 4.42 Å². The number of nitrogens with zero attached hydrogens (tertiary/aromatic N) is 2. The molecule has 0 spiro atoms. The van der Waals surface area contributed by atoms with Crippen molar-refractivity contribution in [3.63, 3.8) is 0 Å². The highest BCUT2D eigenvalue weighted by Gasteiger charge is 2.19. The largest absolute Gasteiger partial charge is 0.455 e. The van der Waals surface area contributed by atoms with E-state index in [1.807, 2.05) is 0 Å². The lowest BCUT2D eigenvalue weighted by atomic mass is 9.97. The van der Waals surface area contributed by atoms with E-state index in [0.717, 1.165) is 77.9 Å². The third-order valence-corrected chi connectivity index (χ3v) is 14.1. The number of rotatable bonds is 7. The molecular weight excluding hydrogens is 837 g/mol. The van der Waals surface area contributed by atoms with E-state index in [-0.39, 0.29) is 0 Å². The molecule has 0 bridgehead atoms. The van der Waals surface area contributed by atoms with Gasteiger partial charge in [-0.15, -0.1) is 0 Å². The van der Waals surface area contributed by atoms with Gasteiger partial charge in [0.25, 0.3) is 0 Å². The summed E-state index contributed by atoms with van der Waals surface area (Å²) in [5.41, 5.74) is 15.3. The van der Waals surface area contributed by atoms with Gasteiger partial charge in [0, 0.05) is 55.2 Å². The fraction of sp³-hybridized carbons (Fsp3) is 0. The molecule has 2 heterocycles. The number of para-hydroxylation sites is 3. The molecule has 14 aromatic rings. The van der Waals surface area contributed by atoms with Gasteiger partial charge < -0.3 is 13.9 Å². The van der Waals surface area contributed by atoms with E-state index in [1.165, 1.54) is 54.3 Å². The molecule has 0 N–H and O–H groups in total. The highest BCUT2D eigenvalue weighted by molar-refractivity contribution is 6.17. The average Bonchev–Trinajstić information content (AvgIpc) is 3.98. The van der Waals surface area contributed by atoms with Gasteiger partial charge in [0.05, 0.1) is 11.0 Å². The molecule has 3 nitrogen and oxygen atoms in total. The van der Waals surface area contributed by atoms with Gasteiger partial charge in [-0.2, -0.15) is 0 Å². The van der Waals surface area contributed by atoms with Crippen molar-refractivity contribution in [3.05, 3.63) is 255 Å². The van der Waals surface area contributed by atoms with Gasteiger partial charge in [0.15, 0.2) is 0 Å². The van der Waals surface area contributed by atoms with E-state index in [9.17, 15) is 0 Å². The highest BCUT2D eigenvalue weighted by Crippen LogP contribution is 2.43. The number of hydrogen-bond donors (Lipinski definition) is 0. The summed E-state index contributed by atoms with van der Waals surface area (Å²) in [6, 6.07) is 92.5. The topological polar surface area (TPSA) is 21.3 Å². The van der Waals surface area contributed by atoms with Crippen molar-refractivity contribution in [2.24, 2.45) is 0 Å². The number of furan rings is 1. The lowest BCUT2D eigenvalue weighted by molar-refractivity contribution is 0.674. The maximum absolute atomic E-state index is 6.85. The zero-order valence-electron chi connectivity index (χ0n) is 37.6. The summed E-state index contributed by atoms with van der Waals surface area (Å²) in [5, 5.41) is 12.1. The molecule has 0 atom stereocenters. The van der Waals surface area contributed by atoms with Crippen LogP contribution in [-0.4, -0.2) is 4.57 Å². The van der Waals surface area contributed by atoms with Crippen LogP contribution < -0.4 is 4.90 Å². The molecule has 0 radical (unpaired) electrons. The third kappa shape index (κ3) is 6.43. The molecule has 0 saturated carbocycles. The van der Waals surface area contributed by atoms with Crippen LogP contribution in [0.1, 0.15) is 0 Å². The number of hydrogen-bond acceptors (Lipinski definition) is 2. The van der Waals surface area contributed by atoms with Crippen molar-refractivity contribution >= 4 is 93.1 Å². The molecule has 3 heteroatoms. The molecule has 0 fully saturated rings. The first-order valence-corrected chi connectivity index (χ1v) is 23.6. The molecule has 0 unspecified atom stereocenters. The predicted octanol–water partition coefficient (Wildman–Crippen LogP) is 18.6. The van der Waals surface area contributed by atoms with Gasteiger partial charge in [0.2, 0.25) is 0 Å². The number of benzene rings is 12. The molecule has 0 aliphatic rings. The fourth-order valence-electron chi connectivity index (χ4n) is 10.9. The summed E-state index contributed by atoms with van der Waals surface area (Å²) in [6.07, 6.45) is 0. The van der Waals surface area contributed by atoms with E-state index in [2.05, 4.69) is 264 Å². The first kappa shape index (κ1) is 39.0. The molecule has 0 aliphatic carbocycles. The zero-order chi connectivity index (χ0) is 45.4. The Hall–Kier alpha value is -9.18. The molecule has 0 aliphatic heterocycles. The summed E-state index contributed by atoms with van der Waals surface area (Å²) in [6.45, 7) is 0. The standard InChI is InChI=1S/C66H42N2O/c1-3-21-55-44(13-1)29-30-50-39-48(34-37-56(50)55)47-16-10-18-52(41-47)67(53-19-11-17-49(42-53)58-25-12-26-61-62-38-33-45-14-2-4-22-57(45)65(62)69-66(58)61)51-35-31-43(32-36-51)46-15-9-20-54(40-46)68-63-27-7-5-23-59(63)60-24-6-8-28-64(60)68/h1-42H. The molecule has 14 rings (SSSR count). The van der Waals surface area contributed by atoms with Crippen LogP contribution in [-0.2, 0) is 0 Å². The highest BCUT2D eigenvalue weighted by atomic mass is 16.3. The lowest BCUT2D eigenvalue weighted by Crippen LogP contribution is -2.10. The van der Waals surface area contributed by atoms with Crippen molar-refractivity contribution in [2.75, 3.05) is 4.90 Å². The normalized spacial score (nSPS) is 11.8. The summed E-state index contributed by atoms with van der Waals surface area (Å²) in [4.78, 5) is 2.38. The van der Waals surface area contributed by atoms with Crippen LogP contribution in [0.2, 0.25) is 0 Å². The molecule has 69 heavy (non-hydrogen) atoms. The average molecular weight is 879 g/mol. The van der Waals surface area contributed by atoms with Crippen LogP contribution in [0.15, 0.2) is 259 Å². The SMILES string of the molecule is c1cc(-c2ccc3c(ccc4ccccc43)c2)cc(N(c2ccc(-c3cccc(-n4c5ccccc5c5ccccc54)c3)cc2)c2cccc(-c3cccc4c3oc3c5ccccc5ccc43)c2)c1. The molecular formula is C66H42N2O. The molecule has 2 aromatic heterocycles. The first-order chi connectivity index (χ1) is 34.2. The Morgan fingerprint density at radius 2 is 0.783 bits per heavy atom. The Morgan fingerprint density at radius 1 is 0.275 bits per heavy atom. The van der Waals surface area contributed by atoms with Crippen LogP contribution in [0, 0.1) is 0 Å². The Balaban J connectivity index is 0.892. The quantitative estimate of drug-likeness (QED) is 0.149. The Bertz CT molecular complexity index is 4270. The maximum Gasteiger partial charge on any atom is 0.143 e. The van der Waals surface area contributed by atoms with Gasteiger partial charge in [-0.25, -0.2) is 0 Å². The molecule has 0 saturated heterocycles. The summed E-state index contributed by atoms with van der Waals surface area (Å²) in [7, 11) is 0. The van der Waals surface area contributed by atoms with E-state index >= 15 is 0 Å². The van der Waals surface area contributed by atoms with Gasteiger partial charge in [-0.05, 0) is 128 Å². The van der Waals surface area contributed by atoms with Gasteiger partial charge in [0.1, 0.15) is 11.2 Å². The van der Waals surface area contributed by atoms with E-state index < -0.39 is 0 Å². The van der Waals surface area contributed by atoms with Gasteiger partial charge in [-0.1, -0.05) is 182 Å². The van der Waals surface area contributed by atoms with Crippen LogP contribution in [0.3, 0.4) is 0 Å². The van der Waals surface area contributed by atoms with Crippen molar-refractivity contribution in [1.29, 1.82) is 0 Å². The predicted molar refractivity (Wildman–Crippen MR) is 292 cm³/mol. The number of fused-ring (bicyclic) bond motifs is 11. The summed E-state index contributed by atoms with van der Waals surface area (Å²) in [5.74, 6) is 0. The smallest absolute Gasteiger partial charge is 0.143 e. The van der Waals surface area contributed by atoms with E-state index in [0.29, 0.717) is 0 Å². The second kappa shape index (κ2) is 15.7. The van der Waals surface area contributed by atoms with Crippen molar-refractivity contribution in [1.82, 2.24) is 4.57 Å². The molecule has 0 amide bonds. The van der Waals surface area contributed by atoms with Crippen molar-refractivity contribution in [2.45, 2.75) is 0 Å². The minimum atomic E-state index is 0.895.